The second-order valence-corrected chi connectivity index (χ2v) is 4.09. The van der Waals surface area contributed by atoms with E-state index in [0.29, 0.717) is 6.92 Å². The molecule has 1 aromatic rings. The Morgan fingerprint density at radius 1 is 0.650 bits per heavy atom. The Morgan fingerprint density at radius 3 is 1.60 bits per heavy atom. The van der Waals surface area contributed by atoms with E-state index in [1.54, 1.807) is 0 Å². The number of fused-ring (bicyclic) bond motifs is 1. The first-order valence-corrected chi connectivity index (χ1v) is 4.95. The first kappa shape index (κ1) is 14.7. The van der Waals surface area contributed by atoms with Crippen molar-refractivity contribution in [2.24, 2.45) is 0 Å². The highest BCUT2D eigenvalue weighted by atomic mass is 19.3. The fourth-order valence-electron chi connectivity index (χ4n) is 1.92. The van der Waals surface area contributed by atoms with Gasteiger partial charge in [0, 0.05) is 5.56 Å². The van der Waals surface area contributed by atoms with Crippen LogP contribution in [0.5, 0.6) is 0 Å². The summed E-state index contributed by atoms with van der Waals surface area (Å²) in [4.78, 5) is 0. The molecular formula is C11H3F9. The molecule has 0 heterocycles. The molecule has 0 atom stereocenters. The summed E-state index contributed by atoms with van der Waals surface area (Å²) in [6.07, 6.45) is 0. The zero-order chi connectivity index (χ0) is 15.6. The van der Waals surface area contributed by atoms with Gasteiger partial charge < -0.3 is 0 Å². The summed E-state index contributed by atoms with van der Waals surface area (Å²) >= 11 is 0. The lowest BCUT2D eigenvalue weighted by atomic mass is 9.84. The number of rotatable bonds is 0. The summed E-state index contributed by atoms with van der Waals surface area (Å²) in [5.74, 6) is -24.0. The fraction of sp³-hybridized carbons (Fsp3) is 0.273. The Kier molecular flexibility index (Phi) is 2.89. The topological polar surface area (TPSA) is 0 Å². The maximum Gasteiger partial charge on any atom is 0.365 e. The third-order valence-electron chi connectivity index (χ3n) is 2.96. The lowest BCUT2D eigenvalue weighted by molar-refractivity contribution is -0.205. The SMILES string of the molecule is CC1=C(F)C(F)(F)C(F)(F)c2c(F)c(F)c(F)c(F)c21. The van der Waals surface area contributed by atoms with Crippen molar-refractivity contribution in [3.8, 4) is 0 Å². The molecule has 1 aliphatic carbocycles. The molecule has 0 aromatic heterocycles. The van der Waals surface area contributed by atoms with Crippen LogP contribution in [-0.4, -0.2) is 5.92 Å². The molecule has 0 radical (unpaired) electrons. The summed E-state index contributed by atoms with van der Waals surface area (Å²) in [7, 11) is 0. The minimum atomic E-state index is -5.56. The van der Waals surface area contributed by atoms with Gasteiger partial charge in [-0.25, -0.2) is 22.0 Å². The lowest BCUT2D eigenvalue weighted by Gasteiger charge is -2.33. The highest BCUT2D eigenvalue weighted by Gasteiger charge is 2.66. The minimum absolute atomic E-state index is 0.428. The van der Waals surface area contributed by atoms with Crippen molar-refractivity contribution in [1.82, 2.24) is 0 Å². The van der Waals surface area contributed by atoms with Gasteiger partial charge in [-0.15, -0.1) is 0 Å². The van der Waals surface area contributed by atoms with E-state index in [9.17, 15) is 39.5 Å². The molecule has 0 fully saturated rings. The van der Waals surface area contributed by atoms with Crippen LogP contribution in [-0.2, 0) is 5.92 Å². The van der Waals surface area contributed by atoms with Crippen molar-refractivity contribution in [3.63, 3.8) is 0 Å². The minimum Gasteiger partial charge on any atom is -0.205 e. The van der Waals surface area contributed by atoms with E-state index in [2.05, 4.69) is 0 Å². The van der Waals surface area contributed by atoms with E-state index in [1.807, 2.05) is 0 Å². The summed E-state index contributed by atoms with van der Waals surface area (Å²) < 4.78 is 119. The Bertz CT molecular complexity index is 642. The largest absolute Gasteiger partial charge is 0.365 e. The zero-order valence-corrected chi connectivity index (χ0v) is 9.40. The van der Waals surface area contributed by atoms with Crippen LogP contribution in [0.4, 0.5) is 39.5 Å². The molecule has 1 aromatic carbocycles. The van der Waals surface area contributed by atoms with Crippen LogP contribution in [0.1, 0.15) is 18.1 Å². The van der Waals surface area contributed by atoms with E-state index >= 15 is 0 Å². The molecule has 0 bridgehead atoms. The van der Waals surface area contributed by atoms with Crippen LogP contribution in [0.2, 0.25) is 0 Å². The van der Waals surface area contributed by atoms with Crippen molar-refractivity contribution >= 4 is 5.57 Å². The van der Waals surface area contributed by atoms with Crippen LogP contribution in [0.3, 0.4) is 0 Å². The number of hydrogen-bond acceptors (Lipinski definition) is 0. The maximum absolute atomic E-state index is 13.4. The Morgan fingerprint density at radius 2 is 1.10 bits per heavy atom. The van der Waals surface area contributed by atoms with Gasteiger partial charge in [0.2, 0.25) is 0 Å². The molecule has 1 aliphatic rings. The van der Waals surface area contributed by atoms with Gasteiger partial charge in [-0.1, -0.05) is 0 Å². The number of allylic oxidation sites excluding steroid dienone is 2. The van der Waals surface area contributed by atoms with Crippen LogP contribution >= 0.6 is 0 Å². The van der Waals surface area contributed by atoms with E-state index in [0.717, 1.165) is 0 Å². The zero-order valence-electron chi connectivity index (χ0n) is 9.40. The molecule has 9 heteroatoms. The van der Waals surface area contributed by atoms with Crippen molar-refractivity contribution in [1.29, 1.82) is 0 Å². The molecule has 0 saturated heterocycles. The van der Waals surface area contributed by atoms with E-state index in [-0.39, 0.29) is 0 Å². The smallest absolute Gasteiger partial charge is 0.205 e. The van der Waals surface area contributed by atoms with Gasteiger partial charge in [-0.05, 0) is 12.5 Å². The number of alkyl halides is 4. The van der Waals surface area contributed by atoms with Gasteiger partial charge >= 0.3 is 11.8 Å². The van der Waals surface area contributed by atoms with Gasteiger partial charge in [-0.3, -0.25) is 0 Å². The van der Waals surface area contributed by atoms with Gasteiger partial charge in [0.25, 0.3) is 0 Å². The third kappa shape index (κ3) is 1.46. The van der Waals surface area contributed by atoms with Crippen molar-refractivity contribution in [2.75, 3.05) is 0 Å². The van der Waals surface area contributed by atoms with Crippen LogP contribution in [0, 0.1) is 23.3 Å². The monoisotopic (exact) mass is 306 g/mol. The second kappa shape index (κ2) is 3.92. The first-order valence-electron chi connectivity index (χ1n) is 4.95. The fourth-order valence-corrected chi connectivity index (χ4v) is 1.92. The molecule has 20 heavy (non-hydrogen) atoms. The molecule has 0 spiro atoms. The highest BCUT2D eigenvalue weighted by molar-refractivity contribution is 5.74. The number of hydrogen-bond donors (Lipinski definition) is 0. The third-order valence-corrected chi connectivity index (χ3v) is 2.96. The molecule has 0 aliphatic heterocycles. The summed E-state index contributed by atoms with van der Waals surface area (Å²) in [6.45, 7) is 0.428. The Hall–Kier alpha value is -1.67. The second-order valence-electron chi connectivity index (χ2n) is 4.09. The number of benzene rings is 1. The lowest BCUT2D eigenvalue weighted by Crippen LogP contribution is -2.43. The Balaban J connectivity index is 3.06. The van der Waals surface area contributed by atoms with E-state index in [4.69, 9.17) is 0 Å². The predicted molar refractivity (Wildman–Crippen MR) is 48.8 cm³/mol. The van der Waals surface area contributed by atoms with Gasteiger partial charge in [0.05, 0.1) is 5.56 Å². The van der Waals surface area contributed by atoms with E-state index < -0.39 is 57.6 Å². The molecule has 0 unspecified atom stereocenters. The van der Waals surface area contributed by atoms with Crippen molar-refractivity contribution < 1.29 is 39.5 Å². The maximum atomic E-state index is 13.4. The average Bonchev–Trinajstić information content (AvgIpc) is 2.36. The molecule has 0 N–H and O–H groups in total. The number of halogens is 9. The van der Waals surface area contributed by atoms with Crippen LogP contribution < -0.4 is 0 Å². The standard InChI is InChI=1S/C11H3F9/c1-2-3-4(6(13)8(15)7(14)5(3)12)10(17,18)11(19,20)9(2)16/h1H3. The molecule has 0 nitrogen and oxygen atoms in total. The van der Waals surface area contributed by atoms with E-state index in [1.165, 1.54) is 0 Å². The Labute approximate surface area is 105 Å². The summed E-state index contributed by atoms with van der Waals surface area (Å²) in [6, 6.07) is 0. The van der Waals surface area contributed by atoms with Crippen molar-refractivity contribution in [2.45, 2.75) is 18.8 Å². The molecule has 110 valence electrons. The van der Waals surface area contributed by atoms with Crippen LogP contribution in [0.15, 0.2) is 5.83 Å². The van der Waals surface area contributed by atoms with Gasteiger partial charge in [-0.2, -0.15) is 17.6 Å². The molecule has 0 saturated carbocycles. The first-order chi connectivity index (χ1) is 8.96. The highest BCUT2D eigenvalue weighted by Crippen LogP contribution is 2.56. The summed E-state index contributed by atoms with van der Waals surface area (Å²) in [5.41, 5.74) is -5.57. The van der Waals surface area contributed by atoms with Gasteiger partial charge in [0.15, 0.2) is 29.1 Å². The normalized spacial score (nSPS) is 20.1. The van der Waals surface area contributed by atoms with Gasteiger partial charge in [0.1, 0.15) is 0 Å². The van der Waals surface area contributed by atoms with Crippen LogP contribution in [0.25, 0.3) is 5.57 Å². The molecule has 2 rings (SSSR count). The average molecular weight is 306 g/mol. The van der Waals surface area contributed by atoms with Crippen molar-refractivity contribution in [3.05, 3.63) is 40.2 Å². The molecular weight excluding hydrogens is 303 g/mol. The molecule has 0 amide bonds. The predicted octanol–water partition coefficient (Wildman–Crippen LogP) is 4.68. The quantitative estimate of drug-likeness (QED) is 0.371. The summed E-state index contributed by atoms with van der Waals surface area (Å²) in [5, 5.41) is 0.